The zero-order valence-electron chi connectivity index (χ0n) is 7.73. The number of piperazine rings is 1. The summed E-state index contributed by atoms with van der Waals surface area (Å²) < 4.78 is 4.91. The molecule has 0 bridgehead atoms. The van der Waals surface area contributed by atoms with E-state index < -0.39 is 0 Å². The van der Waals surface area contributed by atoms with Crippen LogP contribution in [0.5, 0.6) is 0 Å². The number of hydrogen-bond acceptors (Lipinski definition) is 5. The van der Waals surface area contributed by atoms with E-state index in [0.29, 0.717) is 11.8 Å². The second-order valence-corrected chi connectivity index (χ2v) is 3.22. The van der Waals surface area contributed by atoms with Gasteiger partial charge < -0.3 is 14.3 Å². The van der Waals surface area contributed by atoms with E-state index in [2.05, 4.69) is 22.1 Å². The van der Waals surface area contributed by atoms with E-state index in [4.69, 9.17) is 4.52 Å². The van der Waals surface area contributed by atoms with Gasteiger partial charge in [0, 0.05) is 20.0 Å². The summed E-state index contributed by atoms with van der Waals surface area (Å²) in [4.78, 5) is 8.32. The molecule has 0 amide bonds. The Labute approximate surface area is 77.3 Å². The second-order valence-electron chi connectivity index (χ2n) is 3.22. The van der Waals surface area contributed by atoms with Gasteiger partial charge in [-0.05, 0) is 18.2 Å². The molecule has 1 aliphatic heterocycles. The molecule has 0 aromatic carbocycles. The zero-order chi connectivity index (χ0) is 9.26. The predicted octanol–water partition coefficient (Wildman–Crippen LogP) is 0.292. The lowest BCUT2D eigenvalue weighted by Gasteiger charge is -2.36. The molecule has 2 heterocycles. The highest BCUT2D eigenvalue weighted by atomic mass is 16.5. The first-order valence-electron chi connectivity index (χ1n) is 4.36. The third kappa shape index (κ3) is 1.80. The van der Waals surface area contributed by atoms with Crippen LogP contribution in [-0.4, -0.2) is 41.2 Å². The highest BCUT2D eigenvalue weighted by molar-refractivity contribution is 5.28. The second kappa shape index (κ2) is 3.33. The molecule has 1 aromatic heterocycles. The van der Waals surface area contributed by atoms with Crippen LogP contribution in [0.3, 0.4) is 0 Å². The first-order chi connectivity index (χ1) is 6.25. The molecule has 0 unspecified atom stereocenters. The van der Waals surface area contributed by atoms with Crippen LogP contribution < -0.4 is 4.90 Å². The lowest BCUT2D eigenvalue weighted by molar-refractivity contribution is 0.338. The average Bonchev–Trinajstić information content (AvgIpc) is 2.53. The maximum Gasteiger partial charge on any atom is 0.266 e. The van der Waals surface area contributed by atoms with Crippen molar-refractivity contribution in [2.24, 2.45) is 0 Å². The van der Waals surface area contributed by atoms with Gasteiger partial charge >= 0.3 is 0 Å². The van der Waals surface area contributed by atoms with E-state index in [9.17, 15) is 0 Å². The summed E-state index contributed by atoms with van der Waals surface area (Å²) in [5, 5.41) is 3.87. The minimum atomic E-state index is 0.618. The summed E-state index contributed by atoms with van der Waals surface area (Å²) in [6.07, 6.45) is 0. The molecule has 0 radical (unpaired) electrons. The quantitative estimate of drug-likeness (QED) is 0.583. The molecule has 13 heavy (non-hydrogen) atoms. The molecule has 1 fully saturated rings. The number of anilines is 1. The number of hydrogen-bond donors (Lipinski definition) is 0. The largest absolute Gasteiger partial charge is 0.456 e. The van der Waals surface area contributed by atoms with Crippen LogP contribution in [0.4, 0.5) is 5.95 Å². The molecule has 0 N–H and O–H groups in total. The molecule has 0 aliphatic carbocycles. The third-order valence-electron chi connectivity index (χ3n) is 2.17. The molecule has 72 valence electrons. The van der Waals surface area contributed by atoms with Crippen LogP contribution in [0.25, 0.3) is 0 Å². The molecule has 0 atom stereocenters. The molecule has 1 aromatic rings. The number of aromatic nitrogens is 2. The van der Waals surface area contributed by atoms with E-state index in [1.54, 1.807) is 6.92 Å². The summed E-state index contributed by atoms with van der Waals surface area (Å²) in [6.45, 7) is 5.54. The summed E-state index contributed by atoms with van der Waals surface area (Å²) in [5.41, 5.74) is 0. The van der Waals surface area contributed by atoms with Gasteiger partial charge in [0.1, 0.15) is 0 Å². The average molecular weight is 181 g/mol. The fourth-order valence-electron chi connectivity index (χ4n) is 1.36. The minimum Gasteiger partial charge on any atom is -0.456 e. The fourth-order valence-corrected chi connectivity index (χ4v) is 1.36. The van der Waals surface area contributed by atoms with Gasteiger partial charge in [-0.3, -0.25) is 7.05 Å². The molecule has 1 saturated heterocycles. The Morgan fingerprint density at radius 1 is 1.31 bits per heavy atom. The van der Waals surface area contributed by atoms with Gasteiger partial charge in [0.2, 0.25) is 5.89 Å². The monoisotopic (exact) mass is 181 g/mol. The molecule has 5 nitrogen and oxygen atoms in total. The molecular formula is C8H13N4O-. The Bertz CT molecular complexity index is 277. The highest BCUT2D eigenvalue weighted by Gasteiger charge is 2.15. The Kier molecular flexibility index (Phi) is 2.18. The van der Waals surface area contributed by atoms with Crippen molar-refractivity contribution in [2.75, 3.05) is 31.1 Å². The Balaban J connectivity index is 2.02. The lowest BCUT2D eigenvalue weighted by Crippen LogP contribution is -2.44. The smallest absolute Gasteiger partial charge is 0.266 e. The van der Waals surface area contributed by atoms with Crippen molar-refractivity contribution in [1.82, 2.24) is 15.0 Å². The van der Waals surface area contributed by atoms with E-state index in [1.807, 2.05) is 4.90 Å². The number of nitrogens with zero attached hydrogens (tertiary/aromatic N) is 4. The van der Waals surface area contributed by atoms with Crippen molar-refractivity contribution < 1.29 is 4.52 Å². The van der Waals surface area contributed by atoms with Crippen molar-refractivity contribution in [2.45, 2.75) is 6.92 Å². The van der Waals surface area contributed by atoms with Crippen molar-refractivity contribution >= 4 is 5.95 Å². The minimum absolute atomic E-state index is 0.618. The first kappa shape index (κ1) is 8.50. The highest BCUT2D eigenvalue weighted by Crippen LogP contribution is 2.10. The molecule has 2 rings (SSSR count). The fraction of sp³-hybridized carbons (Fsp3) is 0.625. The lowest BCUT2D eigenvalue weighted by atomic mass is 10.3. The molecule has 5 heteroatoms. The molecular weight excluding hydrogens is 168 g/mol. The number of aryl methyl sites for hydroxylation is 1. The van der Waals surface area contributed by atoms with Crippen LogP contribution in [0.1, 0.15) is 5.89 Å². The van der Waals surface area contributed by atoms with Crippen molar-refractivity contribution in [3.05, 3.63) is 12.9 Å². The topological polar surface area (TPSA) is 45.4 Å². The summed E-state index contributed by atoms with van der Waals surface area (Å²) in [7, 11) is 3.87. The zero-order valence-corrected chi connectivity index (χ0v) is 7.73. The summed E-state index contributed by atoms with van der Waals surface area (Å²) >= 11 is 0. The van der Waals surface area contributed by atoms with E-state index in [1.165, 1.54) is 0 Å². The van der Waals surface area contributed by atoms with Gasteiger partial charge in [-0.15, -0.1) is 0 Å². The predicted molar refractivity (Wildman–Crippen MR) is 48.2 cm³/mol. The van der Waals surface area contributed by atoms with Crippen LogP contribution in [-0.2, 0) is 0 Å². The maximum atomic E-state index is 4.91. The van der Waals surface area contributed by atoms with E-state index >= 15 is 0 Å². The summed E-state index contributed by atoms with van der Waals surface area (Å²) in [6, 6.07) is 0. The van der Waals surface area contributed by atoms with Crippen LogP contribution >= 0.6 is 0 Å². The summed E-state index contributed by atoms with van der Waals surface area (Å²) in [5.74, 6) is 1.32. The third-order valence-corrected chi connectivity index (χ3v) is 2.17. The van der Waals surface area contributed by atoms with Gasteiger partial charge in [-0.1, -0.05) is 0 Å². The Hall–Kier alpha value is -1.10. The van der Waals surface area contributed by atoms with Crippen molar-refractivity contribution in [1.29, 1.82) is 0 Å². The van der Waals surface area contributed by atoms with Gasteiger partial charge in [-0.25, -0.2) is 0 Å². The van der Waals surface area contributed by atoms with Crippen molar-refractivity contribution in [3.63, 3.8) is 0 Å². The van der Waals surface area contributed by atoms with Crippen LogP contribution in [0.2, 0.25) is 0 Å². The maximum absolute atomic E-state index is 4.91. The normalized spacial score (nSPS) is 19.4. The molecule has 1 aliphatic rings. The van der Waals surface area contributed by atoms with E-state index in [-0.39, 0.29) is 0 Å². The van der Waals surface area contributed by atoms with Gasteiger partial charge in [-0.2, -0.15) is 4.98 Å². The standard InChI is InChI=1S/C8H13N4O/c1-7-9-8(10-13-7)12-5-3-11(2)4-6-12/h2-6H2,1H3/q-1. The van der Waals surface area contributed by atoms with E-state index in [0.717, 1.165) is 26.2 Å². The van der Waals surface area contributed by atoms with Gasteiger partial charge in [0.25, 0.3) is 5.95 Å². The molecule has 0 saturated carbocycles. The SMILES string of the molecule is [CH2-]N1CCN(c2noc(C)n2)CC1. The Morgan fingerprint density at radius 2 is 2.00 bits per heavy atom. The van der Waals surface area contributed by atoms with Crippen LogP contribution in [0.15, 0.2) is 4.52 Å². The van der Waals surface area contributed by atoms with Gasteiger partial charge in [0.15, 0.2) is 0 Å². The molecule has 0 spiro atoms. The number of rotatable bonds is 1. The van der Waals surface area contributed by atoms with Crippen molar-refractivity contribution in [3.8, 4) is 0 Å². The van der Waals surface area contributed by atoms with Crippen LogP contribution in [0, 0.1) is 14.0 Å². The Morgan fingerprint density at radius 3 is 2.54 bits per heavy atom. The van der Waals surface area contributed by atoms with Gasteiger partial charge in [0.05, 0.1) is 0 Å². The first-order valence-corrected chi connectivity index (χ1v) is 4.36.